The third kappa shape index (κ3) is 2.56. The van der Waals surface area contributed by atoms with E-state index in [2.05, 4.69) is 4.98 Å². The highest BCUT2D eigenvalue weighted by Crippen LogP contribution is 2.27. The lowest BCUT2D eigenvalue weighted by Crippen LogP contribution is -2.32. The number of rotatable bonds is 4. The van der Waals surface area contributed by atoms with Crippen LogP contribution in [0.15, 0.2) is 6.20 Å². The molecule has 8 heteroatoms. The van der Waals surface area contributed by atoms with Gasteiger partial charge in [0.2, 0.25) is 0 Å². The Morgan fingerprint density at radius 2 is 2.05 bits per heavy atom. The maximum atomic E-state index is 12.3. The summed E-state index contributed by atoms with van der Waals surface area (Å²) in [7, 11) is -0.884. The second-order valence-corrected chi connectivity index (χ2v) is 6.59. The number of imidazole rings is 1. The number of carbonyl (C=O) groups excluding carboxylic acids is 1. The van der Waals surface area contributed by atoms with Gasteiger partial charge in [-0.05, 0) is 12.8 Å². The Morgan fingerprint density at radius 3 is 2.58 bits per heavy atom. The van der Waals surface area contributed by atoms with Gasteiger partial charge in [0.15, 0.2) is 6.29 Å². The zero-order valence-electron chi connectivity index (χ0n) is 10.9. The molecule has 0 atom stereocenters. The molecule has 0 amide bonds. The average molecular weight is 287 g/mol. The lowest BCUT2D eigenvalue weighted by Gasteiger charge is -2.23. The molecule has 19 heavy (non-hydrogen) atoms. The fourth-order valence-corrected chi connectivity index (χ4v) is 3.21. The minimum absolute atomic E-state index is 0.00262. The summed E-state index contributed by atoms with van der Waals surface area (Å²) in [5.41, 5.74) is 0.0511. The van der Waals surface area contributed by atoms with Crippen molar-refractivity contribution in [2.24, 2.45) is 0 Å². The first-order chi connectivity index (χ1) is 8.98. The molecule has 106 valence electrons. The number of hydrogen-bond donors (Lipinski definition) is 0. The Kier molecular flexibility index (Phi) is 4.02. The van der Waals surface area contributed by atoms with Gasteiger partial charge in [0, 0.05) is 33.2 Å². The van der Waals surface area contributed by atoms with Crippen molar-refractivity contribution in [2.75, 3.05) is 27.3 Å². The number of aldehydes is 1. The summed E-state index contributed by atoms with van der Waals surface area (Å²) >= 11 is 0. The summed E-state index contributed by atoms with van der Waals surface area (Å²) in [6, 6.07) is 0. The van der Waals surface area contributed by atoms with Crippen molar-refractivity contribution >= 4 is 16.5 Å². The quantitative estimate of drug-likeness (QED) is 0.741. The van der Waals surface area contributed by atoms with E-state index in [0.717, 1.165) is 8.28 Å². The third-order valence-corrected chi connectivity index (χ3v) is 4.95. The maximum Gasteiger partial charge on any atom is 0.309 e. The normalized spacial score (nSPS) is 17.8. The lowest BCUT2D eigenvalue weighted by atomic mass is 10.00. The second kappa shape index (κ2) is 5.40. The summed E-state index contributed by atoms with van der Waals surface area (Å²) in [5, 5.41) is 0. The van der Waals surface area contributed by atoms with Gasteiger partial charge in [0.25, 0.3) is 0 Å². The fraction of sp³-hybridized carbons (Fsp3) is 0.636. The first kappa shape index (κ1) is 14.2. The van der Waals surface area contributed by atoms with E-state index in [4.69, 9.17) is 4.74 Å². The molecule has 1 aliphatic rings. The van der Waals surface area contributed by atoms with E-state index in [9.17, 15) is 13.2 Å². The summed E-state index contributed by atoms with van der Waals surface area (Å²) in [5.74, 6) is 0.413. The Balaban J connectivity index is 2.51. The van der Waals surface area contributed by atoms with Gasteiger partial charge < -0.3 is 4.74 Å². The molecule has 1 aromatic rings. The predicted octanol–water partition coefficient (Wildman–Crippen LogP) is 0.244. The van der Waals surface area contributed by atoms with E-state index >= 15 is 0 Å². The molecule has 0 N–H and O–H groups in total. The molecule has 2 heterocycles. The van der Waals surface area contributed by atoms with E-state index in [1.165, 1.54) is 20.3 Å². The van der Waals surface area contributed by atoms with Crippen molar-refractivity contribution in [1.29, 1.82) is 0 Å². The van der Waals surface area contributed by atoms with Gasteiger partial charge in [-0.2, -0.15) is 12.7 Å². The smallest absolute Gasteiger partial charge is 0.309 e. The Bertz CT molecular complexity index is 558. The molecule has 0 aliphatic carbocycles. The van der Waals surface area contributed by atoms with Crippen molar-refractivity contribution in [2.45, 2.75) is 18.8 Å². The van der Waals surface area contributed by atoms with Gasteiger partial charge in [0.05, 0.1) is 6.20 Å². The fourth-order valence-electron chi connectivity index (χ4n) is 2.09. The molecule has 1 fully saturated rings. The zero-order valence-corrected chi connectivity index (χ0v) is 11.8. The van der Waals surface area contributed by atoms with E-state index in [0.29, 0.717) is 38.2 Å². The van der Waals surface area contributed by atoms with E-state index in [-0.39, 0.29) is 11.6 Å². The molecule has 7 nitrogen and oxygen atoms in total. The van der Waals surface area contributed by atoms with Crippen molar-refractivity contribution in [1.82, 2.24) is 13.3 Å². The maximum absolute atomic E-state index is 12.3. The molecule has 1 saturated heterocycles. The van der Waals surface area contributed by atoms with Gasteiger partial charge >= 0.3 is 10.2 Å². The van der Waals surface area contributed by atoms with Crippen LogP contribution in [0.5, 0.6) is 0 Å². The third-order valence-electron chi connectivity index (χ3n) is 3.17. The van der Waals surface area contributed by atoms with Crippen LogP contribution in [0.1, 0.15) is 35.1 Å². The van der Waals surface area contributed by atoms with Crippen LogP contribution < -0.4 is 0 Å². The summed E-state index contributed by atoms with van der Waals surface area (Å²) in [6.07, 6.45) is 3.23. The Hall–Kier alpha value is -1.25. The summed E-state index contributed by atoms with van der Waals surface area (Å²) in [4.78, 5) is 15.2. The first-order valence-corrected chi connectivity index (χ1v) is 7.41. The van der Waals surface area contributed by atoms with Gasteiger partial charge in [-0.1, -0.05) is 0 Å². The number of carbonyl (C=O) groups is 1. The van der Waals surface area contributed by atoms with Crippen molar-refractivity contribution in [3.63, 3.8) is 0 Å². The molecule has 2 rings (SSSR count). The van der Waals surface area contributed by atoms with Crippen LogP contribution in [-0.4, -0.2) is 55.3 Å². The molecular weight excluding hydrogens is 270 g/mol. The predicted molar refractivity (Wildman–Crippen MR) is 68.4 cm³/mol. The van der Waals surface area contributed by atoms with Crippen LogP contribution in [0.4, 0.5) is 0 Å². The van der Waals surface area contributed by atoms with E-state index < -0.39 is 10.2 Å². The largest absolute Gasteiger partial charge is 0.381 e. The highest BCUT2D eigenvalue weighted by Gasteiger charge is 2.29. The molecule has 0 spiro atoms. The Labute approximate surface area is 112 Å². The molecule has 0 radical (unpaired) electrons. The highest BCUT2D eigenvalue weighted by molar-refractivity contribution is 7.87. The summed E-state index contributed by atoms with van der Waals surface area (Å²) < 4.78 is 32.0. The number of nitrogens with zero attached hydrogens (tertiary/aromatic N) is 3. The van der Waals surface area contributed by atoms with Crippen LogP contribution >= 0.6 is 0 Å². The zero-order chi connectivity index (χ0) is 14.0. The van der Waals surface area contributed by atoms with Gasteiger partial charge in [-0.25, -0.2) is 8.96 Å². The molecule has 0 saturated carbocycles. The first-order valence-electron chi connectivity index (χ1n) is 6.02. The van der Waals surface area contributed by atoms with Gasteiger partial charge in [0.1, 0.15) is 11.5 Å². The lowest BCUT2D eigenvalue weighted by molar-refractivity contribution is 0.0834. The van der Waals surface area contributed by atoms with Gasteiger partial charge in [-0.3, -0.25) is 4.79 Å². The monoisotopic (exact) mass is 287 g/mol. The van der Waals surface area contributed by atoms with Crippen LogP contribution in [-0.2, 0) is 14.9 Å². The van der Waals surface area contributed by atoms with Crippen LogP contribution in [0.25, 0.3) is 0 Å². The summed E-state index contributed by atoms with van der Waals surface area (Å²) in [6.45, 7) is 1.16. The topological polar surface area (TPSA) is 81.5 Å². The average Bonchev–Trinajstić information content (AvgIpc) is 2.84. The number of hydrogen-bond acceptors (Lipinski definition) is 5. The van der Waals surface area contributed by atoms with Crippen molar-refractivity contribution in [3.05, 3.63) is 17.7 Å². The van der Waals surface area contributed by atoms with Crippen molar-refractivity contribution in [3.8, 4) is 0 Å². The Morgan fingerprint density at radius 1 is 1.42 bits per heavy atom. The van der Waals surface area contributed by atoms with Crippen LogP contribution in [0, 0.1) is 0 Å². The minimum atomic E-state index is -3.74. The molecule has 0 unspecified atom stereocenters. The van der Waals surface area contributed by atoms with Crippen LogP contribution in [0.3, 0.4) is 0 Å². The van der Waals surface area contributed by atoms with Gasteiger partial charge in [-0.15, -0.1) is 0 Å². The SMILES string of the molecule is CN(C)S(=O)(=O)n1c(C=O)cnc1C1CCOCC1. The molecule has 1 aromatic heterocycles. The second-order valence-electron chi connectivity index (χ2n) is 4.60. The standard InChI is InChI=1S/C11H17N3O4S/c1-13(2)19(16,17)14-10(8-15)7-12-11(14)9-3-5-18-6-4-9/h7-9H,3-6H2,1-2H3. The molecule has 0 aromatic carbocycles. The highest BCUT2D eigenvalue weighted by atomic mass is 32.2. The molecule has 1 aliphatic heterocycles. The minimum Gasteiger partial charge on any atom is -0.381 e. The number of aromatic nitrogens is 2. The number of ether oxygens (including phenoxy) is 1. The van der Waals surface area contributed by atoms with Crippen molar-refractivity contribution < 1.29 is 17.9 Å². The van der Waals surface area contributed by atoms with Crippen LogP contribution in [0.2, 0.25) is 0 Å². The molecule has 0 bridgehead atoms. The van der Waals surface area contributed by atoms with E-state index in [1.807, 2.05) is 0 Å². The van der Waals surface area contributed by atoms with E-state index in [1.54, 1.807) is 0 Å². The molecular formula is C11H17N3O4S.